The van der Waals surface area contributed by atoms with E-state index in [1.54, 1.807) is 60.8 Å². The average Bonchev–Trinajstić information content (AvgIpc) is 3.27. The molecule has 0 spiro atoms. The molecule has 0 aliphatic rings. The van der Waals surface area contributed by atoms with Gasteiger partial charge < -0.3 is 9.30 Å². The van der Waals surface area contributed by atoms with Gasteiger partial charge in [-0.2, -0.15) is 0 Å². The molecule has 0 aliphatic carbocycles. The molecule has 0 bridgehead atoms. The standard InChI is InChI=1S/C24H20Cl2N2OS/c25-19-8-11-22(23(26)14-19)24(15-28-13-12-27-17-28)29-16-18-6-9-21(10-7-18)30-20-4-2-1-3-5-20/h1-14,17,24H,15-16H2/i6+1,7+1,9+1,10+1,16D2,18+1,21+1. The van der Waals surface area contributed by atoms with E-state index in [2.05, 4.69) is 4.98 Å². The number of nitrogens with zero attached hydrogens (tertiary/aromatic N) is 2. The fourth-order valence-corrected chi connectivity index (χ4v) is 4.27. The van der Waals surface area contributed by atoms with Crippen LogP contribution in [0.25, 0.3) is 0 Å². The molecule has 6 heteroatoms. The first-order valence-corrected chi connectivity index (χ1v) is 10.9. The molecular weight excluding hydrogens is 441 g/mol. The van der Waals surface area contributed by atoms with Gasteiger partial charge in [0.1, 0.15) is 6.10 Å². The molecule has 0 saturated carbocycles. The zero-order valence-corrected chi connectivity index (χ0v) is 18.2. The monoisotopic (exact) mass is 462 g/mol. The first-order chi connectivity index (χ1) is 15.4. The molecule has 0 amide bonds. The van der Waals surface area contributed by atoms with E-state index >= 15 is 0 Å². The highest BCUT2D eigenvalue weighted by atomic mass is 35.5. The summed E-state index contributed by atoms with van der Waals surface area (Å²) >= 11 is 14.1. The summed E-state index contributed by atoms with van der Waals surface area (Å²) in [6.07, 6.45) is 4.47. The molecule has 0 N–H and O–H groups in total. The van der Waals surface area contributed by atoms with Gasteiger partial charge in [-0.15, -0.1) is 0 Å². The molecule has 3 nitrogen and oxygen atoms in total. The molecule has 152 valence electrons. The number of halogens is 2. The second kappa shape index (κ2) is 10.2. The van der Waals surface area contributed by atoms with Crippen molar-refractivity contribution in [2.45, 2.75) is 29.0 Å². The van der Waals surface area contributed by atoms with Crippen molar-refractivity contribution in [1.82, 2.24) is 9.55 Å². The summed E-state index contributed by atoms with van der Waals surface area (Å²) in [5, 5.41) is 0.933. The Morgan fingerprint density at radius 1 is 1.00 bits per heavy atom. The van der Waals surface area contributed by atoms with Crippen molar-refractivity contribution in [3.63, 3.8) is 0 Å². The van der Waals surface area contributed by atoms with Gasteiger partial charge in [-0.25, -0.2) is 4.98 Å². The molecule has 4 aromatic rings. The third-order valence-electron chi connectivity index (χ3n) is 4.40. The number of rotatable bonds is 8. The van der Waals surface area contributed by atoms with Crippen LogP contribution in [0.1, 0.15) is 20.0 Å². The molecule has 1 atom stereocenters. The van der Waals surface area contributed by atoms with Crippen LogP contribution in [0.15, 0.2) is 101 Å². The Balaban J connectivity index is 1.56. The fraction of sp³-hybridized carbons (Fsp3) is 0.125. The van der Waals surface area contributed by atoms with Gasteiger partial charge in [0.2, 0.25) is 0 Å². The molecule has 30 heavy (non-hydrogen) atoms. The molecular formula is C24H20Cl2N2OS. The molecule has 4 rings (SSSR count). The van der Waals surface area contributed by atoms with Gasteiger partial charge in [-0.1, -0.05) is 71.4 Å². The molecule has 3 aromatic carbocycles. The quantitative estimate of drug-likeness (QED) is 0.274. The summed E-state index contributed by atoms with van der Waals surface area (Å²) in [6, 6.07) is 22.5. The van der Waals surface area contributed by atoms with E-state index in [0.717, 1.165) is 9.79 Å². The van der Waals surface area contributed by atoms with Gasteiger partial charge in [-0.3, -0.25) is 0 Å². The van der Waals surface area contributed by atoms with Crippen molar-refractivity contribution in [1.29, 1.82) is 0 Å². The molecule has 0 aliphatic heterocycles. The van der Waals surface area contributed by atoms with Crippen LogP contribution in [0.5, 0.6) is 0 Å². The van der Waals surface area contributed by atoms with Gasteiger partial charge in [0.05, 0.1) is 22.2 Å². The zero-order valence-electron chi connectivity index (χ0n) is 17.9. The van der Waals surface area contributed by atoms with Gasteiger partial charge in [0.15, 0.2) is 0 Å². The maximum atomic E-state index is 8.62. The van der Waals surface area contributed by atoms with Crippen molar-refractivity contribution in [3.8, 4) is 0 Å². The topological polar surface area (TPSA) is 27.1 Å². The highest BCUT2D eigenvalue weighted by molar-refractivity contribution is 7.99. The maximum Gasteiger partial charge on any atom is 0.102 e. The maximum absolute atomic E-state index is 8.62. The van der Waals surface area contributed by atoms with Crippen LogP contribution in [0, 0.1) is 0 Å². The Hall–Kier alpha value is -2.24. The second-order valence-corrected chi connectivity index (χ2v) is 8.56. The van der Waals surface area contributed by atoms with E-state index in [0.29, 0.717) is 27.7 Å². The number of hydrogen-bond donors (Lipinski definition) is 0. The lowest BCUT2D eigenvalue weighted by molar-refractivity contribution is 0.0280. The number of hydrogen-bond acceptors (Lipinski definition) is 3. The van der Waals surface area contributed by atoms with Crippen molar-refractivity contribution >= 4 is 35.0 Å². The Morgan fingerprint density at radius 3 is 2.47 bits per heavy atom. The molecule has 1 aromatic heterocycles. The van der Waals surface area contributed by atoms with E-state index < -0.39 is 12.7 Å². The number of imidazole rings is 1. The highest BCUT2D eigenvalue weighted by Gasteiger charge is 2.17. The minimum absolute atomic E-state index is 0.350. The first-order valence-electron chi connectivity index (χ1n) is 10.3. The average molecular weight is 463 g/mol. The SMILES string of the molecule is [2H]C([2H])(OC(Cn1ccnc1)c1ccc(Cl)cc1Cl)[13c]1[13cH][13cH][13c](Sc2ccccc2)[13cH][13cH]1. The minimum atomic E-state index is -2.04. The van der Waals surface area contributed by atoms with Crippen LogP contribution in [-0.2, 0) is 17.8 Å². The van der Waals surface area contributed by atoms with Gasteiger partial charge >= 0.3 is 0 Å². The van der Waals surface area contributed by atoms with E-state index in [1.165, 1.54) is 0 Å². The normalized spacial score (nSPS) is 13.5. The Bertz CT molecular complexity index is 1160. The minimum Gasteiger partial charge on any atom is -0.367 e. The summed E-state index contributed by atoms with van der Waals surface area (Å²) in [4.78, 5) is 6.20. The smallest absolute Gasteiger partial charge is 0.102 e. The summed E-state index contributed by atoms with van der Waals surface area (Å²) < 4.78 is 25.1. The number of benzene rings is 3. The third-order valence-corrected chi connectivity index (χ3v) is 5.98. The molecule has 1 heterocycles. The fourth-order valence-electron chi connectivity index (χ4n) is 2.90. The molecule has 1 unspecified atom stereocenters. The van der Waals surface area contributed by atoms with Crippen LogP contribution in [0.4, 0.5) is 0 Å². The van der Waals surface area contributed by atoms with Crippen molar-refractivity contribution < 1.29 is 7.48 Å². The summed E-state index contributed by atoms with van der Waals surface area (Å²) in [6.45, 7) is -1.69. The number of aromatic nitrogens is 2. The summed E-state index contributed by atoms with van der Waals surface area (Å²) in [7, 11) is 0. The van der Waals surface area contributed by atoms with Gasteiger partial charge in [0.25, 0.3) is 0 Å². The Kier molecular flexibility index (Phi) is 6.29. The first kappa shape index (κ1) is 18.5. The van der Waals surface area contributed by atoms with Crippen molar-refractivity contribution in [2.24, 2.45) is 0 Å². The Labute approximate surface area is 193 Å². The van der Waals surface area contributed by atoms with E-state index in [-0.39, 0.29) is 0 Å². The third kappa shape index (κ3) is 5.67. The van der Waals surface area contributed by atoms with Crippen LogP contribution < -0.4 is 0 Å². The Morgan fingerprint density at radius 2 is 1.77 bits per heavy atom. The van der Waals surface area contributed by atoms with Crippen molar-refractivity contribution in [2.75, 3.05) is 0 Å². The second-order valence-electron chi connectivity index (χ2n) is 6.57. The number of ether oxygens (including phenoxy) is 1. The predicted octanol–water partition coefficient (Wildman–Crippen LogP) is 7.30. The van der Waals surface area contributed by atoms with Crippen LogP contribution >= 0.6 is 35.0 Å². The van der Waals surface area contributed by atoms with Crippen LogP contribution in [-0.4, -0.2) is 9.55 Å². The van der Waals surface area contributed by atoms with Crippen LogP contribution in [0.3, 0.4) is 0 Å². The highest BCUT2D eigenvalue weighted by Crippen LogP contribution is 2.31. The largest absolute Gasteiger partial charge is 0.367 e. The zero-order chi connectivity index (χ0) is 22.6. The van der Waals surface area contributed by atoms with E-state index in [4.69, 9.17) is 30.7 Å². The van der Waals surface area contributed by atoms with E-state index in [9.17, 15) is 0 Å². The van der Waals surface area contributed by atoms with E-state index in [1.807, 2.05) is 47.0 Å². The molecule has 0 saturated heterocycles. The van der Waals surface area contributed by atoms with Crippen molar-refractivity contribution in [3.05, 3.63) is 113 Å². The lowest BCUT2D eigenvalue weighted by Gasteiger charge is -2.20. The lowest BCUT2D eigenvalue weighted by Crippen LogP contribution is -2.12. The summed E-state index contributed by atoms with van der Waals surface area (Å²) in [5.41, 5.74) is 1.08. The summed E-state index contributed by atoms with van der Waals surface area (Å²) in [5.74, 6) is 0. The predicted molar refractivity (Wildman–Crippen MR) is 123 cm³/mol. The van der Waals surface area contributed by atoms with Gasteiger partial charge in [-0.05, 0) is 42.0 Å². The van der Waals surface area contributed by atoms with Crippen LogP contribution in [0.2, 0.25) is 10.0 Å². The van der Waals surface area contributed by atoms with Gasteiger partial charge in [0, 0.05) is 37.8 Å². The molecule has 0 fully saturated rings. The lowest BCUT2D eigenvalue weighted by atomic mass is 10.1. The molecule has 0 radical (unpaired) electrons.